The van der Waals surface area contributed by atoms with Gasteiger partial charge in [0.1, 0.15) is 0 Å². The van der Waals surface area contributed by atoms with Crippen molar-refractivity contribution in [2.75, 3.05) is 53.7 Å². The number of ether oxygens (including phenoxy) is 3. The molecule has 0 spiro atoms. The predicted molar refractivity (Wildman–Crippen MR) is 299 cm³/mol. The second-order valence-electron chi connectivity index (χ2n) is 21.3. The van der Waals surface area contributed by atoms with Crippen LogP contribution in [0.4, 0.5) is 4.39 Å². The van der Waals surface area contributed by atoms with Crippen molar-refractivity contribution in [3.05, 3.63) is 0 Å². The van der Waals surface area contributed by atoms with Gasteiger partial charge < -0.3 is 24.0 Å². The zero-order valence-electron chi connectivity index (χ0n) is 48.2. The van der Waals surface area contributed by atoms with Gasteiger partial charge in [-0.3, -0.25) is 23.6 Å². The summed E-state index contributed by atoms with van der Waals surface area (Å²) in [5.41, 5.74) is 0. The van der Waals surface area contributed by atoms with E-state index in [1.807, 2.05) is 0 Å². The Balaban J connectivity index is 0. The van der Waals surface area contributed by atoms with E-state index in [9.17, 15) is 23.6 Å². The monoisotopic (exact) mass is 1010 g/mol. The minimum absolute atomic E-state index is 0.0566. The van der Waals surface area contributed by atoms with Crippen molar-refractivity contribution in [3.8, 4) is 0 Å². The number of unbranched alkanes of at least 4 members (excludes halogenated alkanes) is 24. The topological polar surface area (TPSA) is 102 Å². The minimum atomic E-state index is -0.263. The highest BCUT2D eigenvalue weighted by Crippen LogP contribution is 2.24. The first-order valence-corrected chi connectivity index (χ1v) is 30.5. The van der Waals surface area contributed by atoms with Gasteiger partial charge in [0.2, 0.25) is 5.91 Å². The highest BCUT2D eigenvalue weighted by Gasteiger charge is 2.23. The molecule has 0 aromatic heterocycles. The molecule has 0 N–H and O–H groups in total. The van der Waals surface area contributed by atoms with E-state index in [1.54, 1.807) is 6.92 Å². The van der Waals surface area contributed by atoms with Gasteiger partial charge in [-0.25, -0.2) is 0 Å². The molecular weight excluding hydrogens is 892 g/mol. The quantitative estimate of drug-likeness (QED) is 0.0257. The van der Waals surface area contributed by atoms with Crippen LogP contribution in [0.25, 0.3) is 0 Å². The SMILES string of the molecule is CCCCCCCCC(CCCCCC)COC(=O)CCCCCC(CCCCCC(=O)OCC(CCCCCC)CCCCCCCC)N(CCCN(C)C)C(=O)CCCCCCCF.CCOC=O. The number of hydrogen-bond donors (Lipinski definition) is 0. The van der Waals surface area contributed by atoms with E-state index in [1.165, 1.54) is 141 Å². The van der Waals surface area contributed by atoms with E-state index >= 15 is 0 Å². The van der Waals surface area contributed by atoms with Crippen molar-refractivity contribution in [2.45, 2.75) is 304 Å². The Morgan fingerprint density at radius 1 is 0.437 bits per heavy atom. The summed E-state index contributed by atoms with van der Waals surface area (Å²) in [5, 5.41) is 0. The summed E-state index contributed by atoms with van der Waals surface area (Å²) in [6, 6.07) is 0.149. The number of amides is 1. The number of esters is 2. The highest BCUT2D eigenvalue weighted by atomic mass is 19.1. The predicted octanol–water partition coefficient (Wildman–Crippen LogP) is 17.3. The van der Waals surface area contributed by atoms with Gasteiger partial charge in [0.05, 0.1) is 26.5 Å². The molecule has 422 valence electrons. The summed E-state index contributed by atoms with van der Waals surface area (Å²) in [5.74, 6) is 1.09. The third-order valence-electron chi connectivity index (χ3n) is 14.2. The van der Waals surface area contributed by atoms with Gasteiger partial charge >= 0.3 is 11.9 Å². The summed E-state index contributed by atoms with van der Waals surface area (Å²) in [6.45, 7) is 14.3. The van der Waals surface area contributed by atoms with Gasteiger partial charge in [0.15, 0.2) is 0 Å². The fourth-order valence-corrected chi connectivity index (χ4v) is 9.62. The Morgan fingerprint density at radius 3 is 1.17 bits per heavy atom. The molecule has 9 nitrogen and oxygen atoms in total. The zero-order valence-corrected chi connectivity index (χ0v) is 48.2. The Bertz CT molecular complexity index is 1080. The molecule has 0 aromatic carbocycles. The van der Waals surface area contributed by atoms with Crippen molar-refractivity contribution in [2.24, 2.45) is 11.8 Å². The molecule has 0 bridgehead atoms. The normalized spacial score (nSPS) is 12.5. The fraction of sp³-hybridized carbons (Fsp3) is 0.934. The Kier molecular flexibility index (Phi) is 56.9. The largest absolute Gasteiger partial charge is 0.468 e. The van der Waals surface area contributed by atoms with Crippen LogP contribution in [-0.2, 0) is 33.4 Å². The second-order valence-corrected chi connectivity index (χ2v) is 21.3. The lowest BCUT2D eigenvalue weighted by Gasteiger charge is -2.33. The maximum atomic E-state index is 13.9. The lowest BCUT2D eigenvalue weighted by molar-refractivity contribution is -0.146. The molecule has 0 saturated carbocycles. The molecule has 71 heavy (non-hydrogen) atoms. The van der Waals surface area contributed by atoms with Gasteiger partial charge in [-0.05, 0) is 110 Å². The van der Waals surface area contributed by atoms with E-state index < -0.39 is 0 Å². The molecule has 1 amide bonds. The summed E-state index contributed by atoms with van der Waals surface area (Å²) in [7, 11) is 4.17. The number of alkyl halides is 1. The molecule has 0 aliphatic carbocycles. The van der Waals surface area contributed by atoms with E-state index in [-0.39, 0.29) is 30.6 Å². The Morgan fingerprint density at radius 2 is 0.789 bits per heavy atom. The average Bonchev–Trinajstić information content (AvgIpc) is 3.36. The van der Waals surface area contributed by atoms with Crippen LogP contribution < -0.4 is 0 Å². The van der Waals surface area contributed by atoms with Gasteiger partial charge in [-0.15, -0.1) is 0 Å². The van der Waals surface area contributed by atoms with Crippen LogP contribution in [0.1, 0.15) is 298 Å². The van der Waals surface area contributed by atoms with Crippen LogP contribution in [0, 0.1) is 11.8 Å². The zero-order chi connectivity index (χ0) is 52.7. The molecule has 0 aliphatic rings. The highest BCUT2D eigenvalue weighted by molar-refractivity contribution is 5.76. The molecule has 0 fully saturated rings. The molecule has 0 radical (unpaired) electrons. The molecule has 0 heterocycles. The van der Waals surface area contributed by atoms with E-state index in [4.69, 9.17) is 9.47 Å². The van der Waals surface area contributed by atoms with Crippen molar-refractivity contribution in [1.29, 1.82) is 0 Å². The summed E-state index contributed by atoms with van der Waals surface area (Å²) in [4.78, 5) is 53.4. The first-order valence-electron chi connectivity index (χ1n) is 30.5. The first-order chi connectivity index (χ1) is 34.6. The lowest BCUT2D eigenvalue weighted by Crippen LogP contribution is -2.41. The van der Waals surface area contributed by atoms with E-state index in [2.05, 4.69) is 56.3 Å². The number of rotatable bonds is 54. The van der Waals surface area contributed by atoms with Gasteiger partial charge in [0, 0.05) is 31.8 Å². The number of halogens is 1. The molecule has 2 unspecified atom stereocenters. The molecule has 2 atom stereocenters. The van der Waals surface area contributed by atoms with Crippen LogP contribution in [0.5, 0.6) is 0 Å². The van der Waals surface area contributed by atoms with Crippen LogP contribution in [0.2, 0.25) is 0 Å². The van der Waals surface area contributed by atoms with Crippen LogP contribution in [0.15, 0.2) is 0 Å². The lowest BCUT2D eigenvalue weighted by atomic mass is 9.95. The fourth-order valence-electron chi connectivity index (χ4n) is 9.62. The average molecular weight is 1010 g/mol. The standard InChI is InChI=1S/C58H113FN2O5.C3H6O2/c1-7-11-15-19-22-30-41-53(39-28-17-13-9-3)51-65-57(63)46-35-26-32-43-55(61(50-38-49-60(5)6)56(62)45-34-24-21-25-37-48-59)44-33-27-36-47-58(64)66-52-54(40-29-18-14-10-4)42-31-23-20-16-12-8-2;1-2-5-3-4/h53-55H,7-52H2,1-6H3;3H,2H2,1H3. The summed E-state index contributed by atoms with van der Waals surface area (Å²) < 4.78 is 28.6. The molecular formula is C61H119FN2O7. The number of carbonyl (C=O) groups is 4. The maximum Gasteiger partial charge on any atom is 0.305 e. The molecule has 0 saturated heterocycles. The van der Waals surface area contributed by atoms with Crippen LogP contribution in [0.3, 0.4) is 0 Å². The van der Waals surface area contributed by atoms with E-state index in [0.29, 0.717) is 63.8 Å². The van der Waals surface area contributed by atoms with E-state index in [0.717, 1.165) is 109 Å². The third-order valence-corrected chi connectivity index (χ3v) is 14.2. The molecule has 10 heteroatoms. The second kappa shape index (κ2) is 57.1. The van der Waals surface area contributed by atoms with Crippen molar-refractivity contribution >= 4 is 24.3 Å². The Labute approximate surface area is 439 Å². The molecule has 0 aliphatic heterocycles. The molecule has 0 rings (SSSR count). The summed E-state index contributed by atoms with van der Waals surface area (Å²) >= 11 is 0. The van der Waals surface area contributed by atoms with Crippen molar-refractivity contribution < 1.29 is 37.8 Å². The summed E-state index contributed by atoms with van der Waals surface area (Å²) in [6.07, 6.45) is 44.3. The molecule has 0 aromatic rings. The van der Waals surface area contributed by atoms with Gasteiger partial charge in [-0.2, -0.15) is 0 Å². The van der Waals surface area contributed by atoms with Gasteiger partial charge in [0.25, 0.3) is 6.47 Å². The van der Waals surface area contributed by atoms with Crippen LogP contribution in [-0.4, -0.2) is 93.8 Å². The minimum Gasteiger partial charge on any atom is -0.468 e. The van der Waals surface area contributed by atoms with Crippen molar-refractivity contribution in [3.63, 3.8) is 0 Å². The number of hydrogen-bond acceptors (Lipinski definition) is 8. The number of carbonyl (C=O) groups excluding carboxylic acids is 4. The smallest absolute Gasteiger partial charge is 0.305 e. The van der Waals surface area contributed by atoms with Crippen molar-refractivity contribution in [1.82, 2.24) is 9.80 Å². The number of nitrogens with zero attached hydrogens (tertiary/aromatic N) is 2. The van der Waals surface area contributed by atoms with Crippen LogP contribution >= 0.6 is 0 Å². The first kappa shape index (κ1) is 70.8. The maximum absolute atomic E-state index is 13.9. The third kappa shape index (κ3) is 51.1. The van der Waals surface area contributed by atoms with Gasteiger partial charge in [-0.1, -0.05) is 201 Å². The Hall–Kier alpha value is -2.23.